The Balaban J connectivity index is 3.09. The highest BCUT2D eigenvalue weighted by Crippen LogP contribution is 2.20. The van der Waals surface area contributed by atoms with E-state index in [-0.39, 0.29) is 16.8 Å². The summed E-state index contributed by atoms with van der Waals surface area (Å²) in [4.78, 5) is 12.0. The van der Waals surface area contributed by atoms with E-state index >= 15 is 0 Å². The van der Waals surface area contributed by atoms with Crippen molar-refractivity contribution < 1.29 is 13.2 Å². The molecule has 0 radical (unpaired) electrons. The van der Waals surface area contributed by atoms with Crippen LogP contribution in [-0.2, 0) is 10.0 Å². The number of sulfonamides is 1. The minimum Gasteiger partial charge on any atom is -0.350 e. The van der Waals surface area contributed by atoms with Crippen LogP contribution in [0.3, 0.4) is 0 Å². The van der Waals surface area contributed by atoms with E-state index in [2.05, 4.69) is 10.6 Å². The van der Waals surface area contributed by atoms with E-state index in [1.54, 1.807) is 27.0 Å². The lowest BCUT2D eigenvalue weighted by Crippen LogP contribution is -2.37. The van der Waals surface area contributed by atoms with Crippen LogP contribution < -0.4 is 15.8 Å². The van der Waals surface area contributed by atoms with Crippen molar-refractivity contribution in [3.8, 4) is 0 Å². The second-order valence-corrected chi connectivity index (χ2v) is 6.39. The van der Waals surface area contributed by atoms with Gasteiger partial charge in [0.25, 0.3) is 5.91 Å². The van der Waals surface area contributed by atoms with E-state index < -0.39 is 10.0 Å². The summed E-state index contributed by atoms with van der Waals surface area (Å²) >= 11 is 0. The van der Waals surface area contributed by atoms with Crippen molar-refractivity contribution in [3.63, 3.8) is 0 Å². The maximum atomic E-state index is 12.0. The lowest BCUT2D eigenvalue weighted by Gasteiger charge is -2.13. The predicted octanol–water partition coefficient (Wildman–Crippen LogP) is 0.289. The maximum absolute atomic E-state index is 12.0. The first-order chi connectivity index (χ1) is 9.16. The molecule has 0 aliphatic heterocycles. The molecule has 0 aliphatic carbocycles. The highest BCUT2D eigenvalue weighted by Gasteiger charge is 2.17. The van der Waals surface area contributed by atoms with Gasteiger partial charge in [-0.25, -0.2) is 13.6 Å². The minimum absolute atomic E-state index is 0.00989. The van der Waals surface area contributed by atoms with Gasteiger partial charge in [-0.15, -0.1) is 0 Å². The molecule has 0 saturated carbocycles. The first-order valence-corrected chi connectivity index (χ1v) is 7.81. The minimum atomic E-state index is -3.84. The molecule has 1 aromatic carbocycles. The standard InChI is InChI=1S/C13H21N3O3S/c1-8-5-11(13(17)16-7-9(2)15-4)6-12(10(8)3)20(14,18)19/h5-6,9,15H,7H2,1-4H3,(H,16,17)(H2,14,18,19). The Morgan fingerprint density at radius 1 is 1.35 bits per heavy atom. The third-order valence-corrected chi connectivity index (χ3v) is 4.29. The molecule has 0 fully saturated rings. The summed E-state index contributed by atoms with van der Waals surface area (Å²) in [6, 6.07) is 3.10. The van der Waals surface area contributed by atoms with Crippen LogP contribution in [0.25, 0.3) is 0 Å². The number of benzene rings is 1. The van der Waals surface area contributed by atoms with Crippen LogP contribution in [0.15, 0.2) is 17.0 Å². The number of carbonyl (C=O) groups is 1. The van der Waals surface area contributed by atoms with Gasteiger partial charge in [-0.05, 0) is 51.1 Å². The number of nitrogens with two attached hydrogens (primary N) is 1. The SMILES string of the molecule is CNC(C)CNC(=O)c1cc(C)c(C)c(S(N)(=O)=O)c1. The van der Waals surface area contributed by atoms with Gasteiger partial charge in [0, 0.05) is 18.2 Å². The molecule has 112 valence electrons. The van der Waals surface area contributed by atoms with Gasteiger partial charge < -0.3 is 10.6 Å². The molecule has 0 heterocycles. The van der Waals surface area contributed by atoms with Gasteiger partial charge in [0.1, 0.15) is 0 Å². The lowest BCUT2D eigenvalue weighted by atomic mass is 10.1. The zero-order chi connectivity index (χ0) is 15.5. The van der Waals surface area contributed by atoms with E-state index in [0.29, 0.717) is 23.2 Å². The van der Waals surface area contributed by atoms with Crippen LogP contribution >= 0.6 is 0 Å². The summed E-state index contributed by atoms with van der Waals surface area (Å²) < 4.78 is 23.1. The van der Waals surface area contributed by atoms with Gasteiger partial charge in [0.05, 0.1) is 4.90 Å². The molecular formula is C13H21N3O3S. The van der Waals surface area contributed by atoms with Crippen LogP contribution in [0.5, 0.6) is 0 Å². The molecule has 4 N–H and O–H groups in total. The second kappa shape index (κ2) is 6.34. The summed E-state index contributed by atoms with van der Waals surface area (Å²) in [7, 11) is -2.04. The smallest absolute Gasteiger partial charge is 0.251 e. The molecule has 1 aromatic rings. The van der Waals surface area contributed by atoms with Gasteiger partial charge in [-0.1, -0.05) is 0 Å². The molecular weight excluding hydrogens is 278 g/mol. The van der Waals surface area contributed by atoms with Crippen molar-refractivity contribution in [3.05, 3.63) is 28.8 Å². The molecule has 1 rings (SSSR count). The number of rotatable bonds is 5. The Kier molecular flexibility index (Phi) is 5.27. The molecule has 0 bridgehead atoms. The first-order valence-electron chi connectivity index (χ1n) is 6.26. The van der Waals surface area contributed by atoms with Gasteiger partial charge in [-0.2, -0.15) is 0 Å². The lowest BCUT2D eigenvalue weighted by molar-refractivity contribution is 0.0950. The van der Waals surface area contributed by atoms with E-state index in [0.717, 1.165) is 0 Å². The molecule has 0 aromatic heterocycles. The van der Waals surface area contributed by atoms with Crippen molar-refractivity contribution in [2.75, 3.05) is 13.6 Å². The van der Waals surface area contributed by atoms with Crippen molar-refractivity contribution in [2.24, 2.45) is 5.14 Å². The monoisotopic (exact) mass is 299 g/mol. The van der Waals surface area contributed by atoms with E-state index in [1.165, 1.54) is 6.07 Å². The number of aryl methyl sites for hydroxylation is 1. The fraction of sp³-hybridized carbons (Fsp3) is 0.462. The molecule has 1 atom stereocenters. The summed E-state index contributed by atoms with van der Waals surface area (Å²) in [6.07, 6.45) is 0. The van der Waals surface area contributed by atoms with Crippen molar-refractivity contribution >= 4 is 15.9 Å². The van der Waals surface area contributed by atoms with E-state index in [4.69, 9.17) is 5.14 Å². The summed E-state index contributed by atoms with van der Waals surface area (Å²) in [5, 5.41) is 10.9. The molecule has 7 heteroatoms. The largest absolute Gasteiger partial charge is 0.350 e. The van der Waals surface area contributed by atoms with Crippen LogP contribution in [0.1, 0.15) is 28.4 Å². The molecule has 1 unspecified atom stereocenters. The maximum Gasteiger partial charge on any atom is 0.251 e. The Hall–Kier alpha value is -1.44. The van der Waals surface area contributed by atoms with Gasteiger partial charge >= 0.3 is 0 Å². The number of hydrogen-bond acceptors (Lipinski definition) is 4. The fourth-order valence-corrected chi connectivity index (χ4v) is 2.58. The number of hydrogen-bond donors (Lipinski definition) is 3. The van der Waals surface area contributed by atoms with E-state index in [9.17, 15) is 13.2 Å². The van der Waals surface area contributed by atoms with E-state index in [1.807, 2.05) is 6.92 Å². The number of amides is 1. The molecule has 0 spiro atoms. The summed E-state index contributed by atoms with van der Waals surface area (Å²) in [5.74, 6) is -0.319. The van der Waals surface area contributed by atoms with Crippen molar-refractivity contribution in [1.82, 2.24) is 10.6 Å². The molecule has 0 aliphatic rings. The van der Waals surface area contributed by atoms with Gasteiger partial charge in [0.2, 0.25) is 10.0 Å². The molecule has 0 saturated heterocycles. The molecule has 1 amide bonds. The number of nitrogens with one attached hydrogen (secondary N) is 2. The van der Waals surface area contributed by atoms with Crippen LogP contribution in [0, 0.1) is 13.8 Å². The van der Waals surface area contributed by atoms with Crippen molar-refractivity contribution in [1.29, 1.82) is 0 Å². The highest BCUT2D eigenvalue weighted by atomic mass is 32.2. The highest BCUT2D eigenvalue weighted by molar-refractivity contribution is 7.89. The topological polar surface area (TPSA) is 101 Å². The third-order valence-electron chi connectivity index (χ3n) is 3.25. The van der Waals surface area contributed by atoms with Gasteiger partial charge in [0.15, 0.2) is 0 Å². The van der Waals surface area contributed by atoms with Crippen molar-refractivity contribution in [2.45, 2.75) is 31.7 Å². The Morgan fingerprint density at radius 2 is 1.95 bits per heavy atom. The summed E-state index contributed by atoms with van der Waals surface area (Å²) in [5.41, 5.74) is 1.57. The average molecular weight is 299 g/mol. The number of likely N-dealkylation sites (N-methyl/N-ethyl adjacent to an activating group) is 1. The number of carbonyl (C=O) groups excluding carboxylic acids is 1. The molecule has 20 heavy (non-hydrogen) atoms. The third kappa shape index (κ3) is 4.03. The zero-order valence-electron chi connectivity index (χ0n) is 12.1. The quantitative estimate of drug-likeness (QED) is 0.727. The predicted molar refractivity (Wildman–Crippen MR) is 78.1 cm³/mol. The molecule has 6 nitrogen and oxygen atoms in total. The number of primary sulfonamides is 1. The van der Waals surface area contributed by atoms with Gasteiger partial charge in [-0.3, -0.25) is 4.79 Å². The fourth-order valence-electron chi connectivity index (χ4n) is 1.70. The Morgan fingerprint density at radius 3 is 2.45 bits per heavy atom. The first kappa shape index (κ1) is 16.6. The summed E-state index contributed by atoms with van der Waals surface area (Å²) in [6.45, 7) is 5.79. The normalized spacial score (nSPS) is 13.1. The zero-order valence-corrected chi connectivity index (χ0v) is 13.0. The Bertz CT molecular complexity index is 612. The average Bonchev–Trinajstić information content (AvgIpc) is 2.36. The van der Waals surface area contributed by atoms with Crippen LogP contribution in [-0.4, -0.2) is 34.0 Å². The Labute approximate surface area is 119 Å². The van der Waals surface area contributed by atoms with Crippen LogP contribution in [0.4, 0.5) is 0 Å². The van der Waals surface area contributed by atoms with Crippen LogP contribution in [0.2, 0.25) is 0 Å². The second-order valence-electron chi connectivity index (χ2n) is 4.86.